The van der Waals surface area contributed by atoms with Crippen molar-refractivity contribution in [1.82, 2.24) is 10.2 Å². The highest BCUT2D eigenvalue weighted by molar-refractivity contribution is 5.78. The monoisotopic (exact) mass is 270 g/mol. The number of rotatable bonds is 3. The number of aliphatic carboxylic acids is 1. The van der Waals surface area contributed by atoms with E-state index >= 15 is 0 Å². The molecule has 0 spiro atoms. The van der Waals surface area contributed by atoms with Crippen molar-refractivity contribution in [2.24, 2.45) is 5.92 Å². The summed E-state index contributed by atoms with van der Waals surface area (Å²) in [5, 5.41) is 12.0. The normalized spacial score (nSPS) is 34.5. The number of methoxy groups -OCH3 is 1. The van der Waals surface area contributed by atoms with Crippen molar-refractivity contribution >= 4 is 12.0 Å². The largest absolute Gasteiger partial charge is 0.481 e. The van der Waals surface area contributed by atoms with E-state index in [1.807, 2.05) is 0 Å². The van der Waals surface area contributed by atoms with Gasteiger partial charge in [0.2, 0.25) is 0 Å². The lowest BCUT2D eigenvalue weighted by atomic mass is 10.0. The Hall–Kier alpha value is -1.30. The molecule has 1 saturated heterocycles. The van der Waals surface area contributed by atoms with Crippen LogP contribution in [0.1, 0.15) is 32.6 Å². The number of ether oxygens (including phenoxy) is 1. The fourth-order valence-electron chi connectivity index (χ4n) is 3.10. The first kappa shape index (κ1) is 14.1. The van der Waals surface area contributed by atoms with Gasteiger partial charge >= 0.3 is 12.0 Å². The topological polar surface area (TPSA) is 78.9 Å². The molecule has 2 rings (SSSR count). The zero-order chi connectivity index (χ0) is 14.0. The highest BCUT2D eigenvalue weighted by atomic mass is 16.5. The molecule has 1 saturated carbocycles. The quantitative estimate of drug-likeness (QED) is 0.803. The first-order chi connectivity index (χ1) is 9.02. The number of nitrogens with one attached hydrogen (secondary N) is 1. The van der Waals surface area contributed by atoms with Gasteiger partial charge in [-0.05, 0) is 32.6 Å². The molecule has 2 amide bonds. The molecule has 0 aromatic heterocycles. The van der Waals surface area contributed by atoms with Crippen molar-refractivity contribution in [3.63, 3.8) is 0 Å². The van der Waals surface area contributed by atoms with Crippen molar-refractivity contribution in [3.05, 3.63) is 0 Å². The van der Waals surface area contributed by atoms with E-state index in [-0.39, 0.29) is 24.2 Å². The second kappa shape index (κ2) is 5.77. The summed E-state index contributed by atoms with van der Waals surface area (Å²) in [5.74, 6) is -1.26. The molecule has 19 heavy (non-hydrogen) atoms. The summed E-state index contributed by atoms with van der Waals surface area (Å²) < 4.78 is 5.28. The molecule has 4 atom stereocenters. The molecule has 0 aromatic rings. The minimum atomic E-state index is -0.817. The Bertz CT molecular complexity index is 361. The number of amides is 2. The van der Waals surface area contributed by atoms with Crippen molar-refractivity contribution in [3.8, 4) is 0 Å². The molecule has 4 unspecified atom stereocenters. The maximum Gasteiger partial charge on any atom is 0.317 e. The molecular weight excluding hydrogens is 248 g/mol. The Morgan fingerprint density at radius 2 is 2.05 bits per heavy atom. The average molecular weight is 270 g/mol. The zero-order valence-electron chi connectivity index (χ0n) is 11.5. The number of hydrogen-bond donors (Lipinski definition) is 2. The van der Waals surface area contributed by atoms with Crippen LogP contribution in [0.25, 0.3) is 0 Å². The van der Waals surface area contributed by atoms with E-state index in [2.05, 4.69) is 5.32 Å². The van der Waals surface area contributed by atoms with E-state index in [1.54, 1.807) is 18.9 Å². The SMILES string of the molecule is COC1CCC(NC(=O)N2CCC(C(=O)O)C2C)C1. The second-order valence-corrected chi connectivity index (χ2v) is 5.48. The summed E-state index contributed by atoms with van der Waals surface area (Å²) in [6.45, 7) is 2.32. The van der Waals surface area contributed by atoms with Crippen molar-refractivity contribution in [1.29, 1.82) is 0 Å². The molecule has 2 N–H and O–H groups in total. The number of carboxylic acid groups (broad SMARTS) is 1. The minimum absolute atomic E-state index is 0.141. The Kier molecular flexibility index (Phi) is 4.29. The maximum absolute atomic E-state index is 12.2. The Morgan fingerprint density at radius 3 is 2.58 bits per heavy atom. The molecule has 1 aliphatic carbocycles. The van der Waals surface area contributed by atoms with Crippen LogP contribution in [0.3, 0.4) is 0 Å². The lowest BCUT2D eigenvalue weighted by Crippen LogP contribution is -2.47. The van der Waals surface area contributed by atoms with Gasteiger partial charge in [0.05, 0.1) is 12.0 Å². The second-order valence-electron chi connectivity index (χ2n) is 5.48. The molecular formula is C13H22N2O4. The van der Waals surface area contributed by atoms with Crippen LogP contribution in [0.5, 0.6) is 0 Å². The summed E-state index contributed by atoms with van der Waals surface area (Å²) in [6.07, 6.45) is 3.50. The van der Waals surface area contributed by atoms with Crippen LogP contribution in [0.15, 0.2) is 0 Å². The van der Waals surface area contributed by atoms with Gasteiger partial charge in [-0.15, -0.1) is 0 Å². The van der Waals surface area contributed by atoms with Crippen LogP contribution >= 0.6 is 0 Å². The lowest BCUT2D eigenvalue weighted by Gasteiger charge is -2.25. The lowest BCUT2D eigenvalue weighted by molar-refractivity contribution is -0.142. The predicted octanol–water partition coefficient (Wildman–Crippen LogP) is 1.06. The standard InChI is InChI=1S/C13H22N2O4/c1-8-11(12(16)17)5-6-15(8)13(18)14-9-3-4-10(7-9)19-2/h8-11H,3-7H2,1-2H3,(H,14,18)(H,16,17). The highest BCUT2D eigenvalue weighted by Gasteiger charge is 2.39. The van der Waals surface area contributed by atoms with Crippen LogP contribution in [0.4, 0.5) is 4.79 Å². The Morgan fingerprint density at radius 1 is 1.32 bits per heavy atom. The van der Waals surface area contributed by atoms with Crippen LogP contribution in [-0.4, -0.2) is 53.8 Å². The number of carbonyl (C=O) groups excluding carboxylic acids is 1. The van der Waals surface area contributed by atoms with E-state index in [4.69, 9.17) is 9.84 Å². The van der Waals surface area contributed by atoms with Crippen molar-refractivity contribution in [2.45, 2.75) is 50.8 Å². The Balaban J connectivity index is 1.86. The van der Waals surface area contributed by atoms with E-state index < -0.39 is 11.9 Å². The summed E-state index contributed by atoms with van der Waals surface area (Å²) in [4.78, 5) is 24.8. The van der Waals surface area contributed by atoms with Gasteiger partial charge in [-0.25, -0.2) is 4.79 Å². The highest BCUT2D eigenvalue weighted by Crippen LogP contribution is 2.26. The van der Waals surface area contributed by atoms with E-state index in [0.717, 1.165) is 19.3 Å². The molecule has 2 aliphatic rings. The van der Waals surface area contributed by atoms with Gasteiger partial charge in [-0.2, -0.15) is 0 Å². The van der Waals surface area contributed by atoms with E-state index in [0.29, 0.717) is 13.0 Å². The third-order valence-corrected chi connectivity index (χ3v) is 4.38. The fraction of sp³-hybridized carbons (Fsp3) is 0.846. The smallest absolute Gasteiger partial charge is 0.317 e. The minimum Gasteiger partial charge on any atom is -0.481 e. The molecule has 1 aliphatic heterocycles. The van der Waals surface area contributed by atoms with Gasteiger partial charge in [-0.3, -0.25) is 4.79 Å². The molecule has 0 radical (unpaired) electrons. The molecule has 0 bridgehead atoms. The van der Waals surface area contributed by atoms with Crippen LogP contribution < -0.4 is 5.32 Å². The van der Waals surface area contributed by atoms with Gasteiger partial charge in [0.15, 0.2) is 0 Å². The predicted molar refractivity (Wildman–Crippen MR) is 68.9 cm³/mol. The molecule has 6 heteroatoms. The van der Waals surface area contributed by atoms with Crippen LogP contribution in [0, 0.1) is 5.92 Å². The zero-order valence-corrected chi connectivity index (χ0v) is 11.5. The summed E-state index contributed by atoms with van der Waals surface area (Å²) >= 11 is 0. The summed E-state index contributed by atoms with van der Waals surface area (Å²) in [7, 11) is 1.69. The number of hydrogen-bond acceptors (Lipinski definition) is 3. The van der Waals surface area contributed by atoms with Crippen molar-refractivity contribution in [2.75, 3.05) is 13.7 Å². The number of nitrogens with zero attached hydrogens (tertiary/aromatic N) is 1. The number of carboxylic acids is 1. The van der Waals surface area contributed by atoms with Gasteiger partial charge in [0, 0.05) is 25.7 Å². The van der Waals surface area contributed by atoms with Crippen LogP contribution in [-0.2, 0) is 9.53 Å². The molecule has 108 valence electrons. The molecule has 6 nitrogen and oxygen atoms in total. The third-order valence-electron chi connectivity index (χ3n) is 4.38. The van der Waals surface area contributed by atoms with Gasteiger partial charge in [-0.1, -0.05) is 0 Å². The van der Waals surface area contributed by atoms with E-state index in [9.17, 15) is 9.59 Å². The van der Waals surface area contributed by atoms with Crippen molar-refractivity contribution < 1.29 is 19.4 Å². The van der Waals surface area contributed by atoms with Crippen LogP contribution in [0.2, 0.25) is 0 Å². The molecule has 1 heterocycles. The Labute approximate surface area is 113 Å². The fourth-order valence-corrected chi connectivity index (χ4v) is 3.10. The first-order valence-corrected chi connectivity index (χ1v) is 6.85. The summed E-state index contributed by atoms with van der Waals surface area (Å²) in [6, 6.07) is -0.233. The molecule has 2 fully saturated rings. The maximum atomic E-state index is 12.2. The van der Waals surface area contributed by atoms with Gasteiger partial charge < -0.3 is 20.1 Å². The third kappa shape index (κ3) is 3.00. The van der Waals surface area contributed by atoms with Gasteiger partial charge in [0.1, 0.15) is 0 Å². The van der Waals surface area contributed by atoms with Gasteiger partial charge in [0.25, 0.3) is 0 Å². The average Bonchev–Trinajstić information content (AvgIpc) is 2.95. The number of urea groups is 1. The van der Waals surface area contributed by atoms with E-state index in [1.165, 1.54) is 0 Å². The first-order valence-electron chi connectivity index (χ1n) is 6.85. The number of carbonyl (C=O) groups is 2. The number of likely N-dealkylation sites (tertiary alicyclic amines) is 1. The molecule has 0 aromatic carbocycles. The summed E-state index contributed by atoms with van der Waals surface area (Å²) in [5.41, 5.74) is 0.